The Labute approximate surface area is 188 Å². The van der Waals surface area contributed by atoms with E-state index < -0.39 is 0 Å². The van der Waals surface area contributed by atoms with E-state index in [1.807, 2.05) is 17.0 Å². The highest BCUT2D eigenvalue weighted by Crippen LogP contribution is 2.36. The molecule has 3 heterocycles. The van der Waals surface area contributed by atoms with Gasteiger partial charge in [0, 0.05) is 61.8 Å². The number of aromatic nitrogens is 2. The molecule has 0 radical (unpaired) electrons. The van der Waals surface area contributed by atoms with Gasteiger partial charge in [0.1, 0.15) is 11.4 Å². The van der Waals surface area contributed by atoms with Crippen molar-refractivity contribution in [1.82, 2.24) is 14.5 Å². The Bertz CT molecular complexity index is 996. The number of aliphatic hydroxyl groups excluding tert-OH is 1. The Morgan fingerprint density at radius 3 is 2.66 bits per heavy atom. The van der Waals surface area contributed by atoms with Crippen molar-refractivity contribution in [2.24, 2.45) is 0 Å². The van der Waals surface area contributed by atoms with Gasteiger partial charge in [-0.2, -0.15) is 0 Å². The molecule has 0 saturated heterocycles. The summed E-state index contributed by atoms with van der Waals surface area (Å²) in [5.74, 6) is 0.189. The van der Waals surface area contributed by atoms with Gasteiger partial charge in [-0.15, -0.1) is 0 Å². The Morgan fingerprint density at radius 2 is 1.88 bits per heavy atom. The van der Waals surface area contributed by atoms with E-state index in [1.165, 1.54) is 0 Å². The second-order valence-corrected chi connectivity index (χ2v) is 9.07. The molecule has 2 aromatic rings. The van der Waals surface area contributed by atoms with Crippen LogP contribution in [-0.2, 0) is 27.3 Å². The number of rotatable bonds is 9. The number of amides is 1. The van der Waals surface area contributed by atoms with E-state index in [9.17, 15) is 14.4 Å². The van der Waals surface area contributed by atoms with Crippen LogP contribution in [0.25, 0.3) is 11.0 Å². The maximum absolute atomic E-state index is 12.9. The SMILES string of the molecule is O=C1CCC(n2c3c(c4cccnc42)CN(C(=O)CCCCCCCCO)CC3)C(=O)C1. The molecule has 172 valence electrons. The lowest BCUT2D eigenvalue weighted by Gasteiger charge is -2.30. The zero-order valence-electron chi connectivity index (χ0n) is 18.7. The minimum Gasteiger partial charge on any atom is -0.396 e. The van der Waals surface area contributed by atoms with Crippen molar-refractivity contribution in [3.8, 4) is 0 Å². The summed E-state index contributed by atoms with van der Waals surface area (Å²) in [6, 6.07) is 3.59. The first-order valence-corrected chi connectivity index (χ1v) is 12.0. The number of hydrogen-bond donors (Lipinski definition) is 1. The standard InChI is InChI=1S/C25H33N3O4/c29-15-6-4-2-1-3-5-9-24(32)27-14-12-21-20(17-27)19-8-7-13-26-25(19)28(21)22-11-10-18(30)16-23(22)31/h7-8,13,22,29H,1-6,9-12,14-17H2. The highest BCUT2D eigenvalue weighted by Gasteiger charge is 2.34. The topological polar surface area (TPSA) is 92.5 Å². The fourth-order valence-electron chi connectivity index (χ4n) is 5.15. The lowest BCUT2D eigenvalue weighted by Crippen LogP contribution is -2.37. The number of unbranched alkanes of at least 4 members (excludes halogenated alkanes) is 5. The first kappa shape index (κ1) is 22.6. The number of carbonyl (C=O) groups is 3. The highest BCUT2D eigenvalue weighted by atomic mass is 16.3. The van der Waals surface area contributed by atoms with E-state index in [1.54, 1.807) is 6.20 Å². The van der Waals surface area contributed by atoms with Gasteiger partial charge in [-0.3, -0.25) is 14.4 Å². The molecule has 1 aliphatic heterocycles. The summed E-state index contributed by atoms with van der Waals surface area (Å²) in [7, 11) is 0. The fraction of sp³-hybridized carbons (Fsp3) is 0.600. The second kappa shape index (κ2) is 10.4. The normalized spacial score (nSPS) is 18.9. The van der Waals surface area contributed by atoms with Gasteiger partial charge >= 0.3 is 0 Å². The Kier molecular flexibility index (Phi) is 7.35. The van der Waals surface area contributed by atoms with Gasteiger partial charge in [0.25, 0.3) is 0 Å². The molecule has 1 amide bonds. The minimum absolute atomic E-state index is 0.0105. The van der Waals surface area contributed by atoms with Crippen molar-refractivity contribution in [2.45, 2.75) is 83.2 Å². The fourth-order valence-corrected chi connectivity index (χ4v) is 5.15. The van der Waals surface area contributed by atoms with E-state index in [2.05, 4.69) is 9.55 Å². The van der Waals surface area contributed by atoms with Gasteiger partial charge in [-0.1, -0.05) is 25.7 Å². The molecule has 0 spiro atoms. The molecular formula is C25H33N3O4. The third-order valence-electron chi connectivity index (χ3n) is 6.85. The van der Waals surface area contributed by atoms with Gasteiger partial charge in [-0.05, 0) is 31.4 Å². The number of Topliss-reactive ketones (excluding diaryl/α,β-unsaturated/α-hetero) is 2. The molecule has 1 saturated carbocycles. The number of nitrogens with zero attached hydrogens (tertiary/aromatic N) is 3. The number of carbonyl (C=O) groups excluding carboxylic acids is 3. The van der Waals surface area contributed by atoms with Crippen LogP contribution in [0.4, 0.5) is 0 Å². The number of ketones is 2. The number of aliphatic hydroxyl groups is 1. The van der Waals surface area contributed by atoms with Crippen LogP contribution < -0.4 is 0 Å². The molecule has 32 heavy (non-hydrogen) atoms. The van der Waals surface area contributed by atoms with Gasteiger partial charge in [0.05, 0.1) is 12.5 Å². The molecule has 1 aliphatic carbocycles. The first-order chi connectivity index (χ1) is 15.6. The van der Waals surface area contributed by atoms with E-state index >= 15 is 0 Å². The molecule has 1 atom stereocenters. The maximum Gasteiger partial charge on any atom is 0.222 e. The average molecular weight is 440 g/mol. The summed E-state index contributed by atoms with van der Waals surface area (Å²) in [4.78, 5) is 43.8. The van der Waals surface area contributed by atoms with Crippen LogP contribution in [0.5, 0.6) is 0 Å². The highest BCUT2D eigenvalue weighted by molar-refractivity contribution is 6.03. The van der Waals surface area contributed by atoms with Crippen LogP contribution in [-0.4, -0.2) is 50.2 Å². The van der Waals surface area contributed by atoms with E-state index in [0.717, 1.165) is 60.8 Å². The van der Waals surface area contributed by atoms with Gasteiger partial charge in [0.2, 0.25) is 5.91 Å². The largest absolute Gasteiger partial charge is 0.396 e. The average Bonchev–Trinajstić information content (AvgIpc) is 3.12. The van der Waals surface area contributed by atoms with E-state index in [4.69, 9.17) is 5.11 Å². The molecule has 2 aromatic heterocycles. The predicted octanol–water partition coefficient (Wildman–Crippen LogP) is 3.51. The quantitative estimate of drug-likeness (QED) is 0.477. The smallest absolute Gasteiger partial charge is 0.222 e. The van der Waals surface area contributed by atoms with Crippen molar-refractivity contribution < 1.29 is 19.5 Å². The summed E-state index contributed by atoms with van der Waals surface area (Å²) in [6.45, 7) is 1.46. The Balaban J connectivity index is 1.45. The van der Waals surface area contributed by atoms with Crippen LogP contribution in [0.15, 0.2) is 18.3 Å². The zero-order valence-corrected chi connectivity index (χ0v) is 18.7. The zero-order chi connectivity index (χ0) is 22.5. The Morgan fingerprint density at radius 1 is 1.09 bits per heavy atom. The molecule has 2 aliphatic rings. The molecule has 0 bridgehead atoms. The molecular weight excluding hydrogens is 406 g/mol. The van der Waals surface area contributed by atoms with Crippen molar-refractivity contribution >= 4 is 28.5 Å². The van der Waals surface area contributed by atoms with Gasteiger partial charge < -0.3 is 14.6 Å². The number of hydrogen-bond acceptors (Lipinski definition) is 5. The number of pyridine rings is 1. The third-order valence-corrected chi connectivity index (χ3v) is 6.85. The second-order valence-electron chi connectivity index (χ2n) is 9.07. The van der Waals surface area contributed by atoms with Gasteiger partial charge in [-0.25, -0.2) is 4.98 Å². The van der Waals surface area contributed by atoms with Gasteiger partial charge in [0.15, 0.2) is 5.78 Å². The molecule has 0 aromatic carbocycles. The molecule has 1 fully saturated rings. The summed E-state index contributed by atoms with van der Waals surface area (Å²) in [6.07, 6.45) is 10.1. The van der Waals surface area contributed by atoms with Crippen molar-refractivity contribution in [2.75, 3.05) is 13.2 Å². The number of fused-ring (bicyclic) bond motifs is 3. The lowest BCUT2D eigenvalue weighted by molar-refractivity contribution is -0.133. The first-order valence-electron chi connectivity index (χ1n) is 12.0. The van der Waals surface area contributed by atoms with Crippen LogP contribution in [0.1, 0.15) is 81.5 Å². The third kappa shape index (κ3) is 4.77. The summed E-state index contributed by atoms with van der Waals surface area (Å²) >= 11 is 0. The molecule has 1 unspecified atom stereocenters. The summed E-state index contributed by atoms with van der Waals surface area (Å²) in [5.41, 5.74) is 2.99. The van der Waals surface area contributed by atoms with Crippen molar-refractivity contribution in [3.63, 3.8) is 0 Å². The van der Waals surface area contributed by atoms with E-state index in [0.29, 0.717) is 38.8 Å². The summed E-state index contributed by atoms with van der Waals surface area (Å²) in [5, 5.41) is 9.84. The predicted molar refractivity (Wildman–Crippen MR) is 121 cm³/mol. The molecule has 7 nitrogen and oxygen atoms in total. The van der Waals surface area contributed by atoms with Crippen molar-refractivity contribution in [1.29, 1.82) is 0 Å². The monoisotopic (exact) mass is 439 g/mol. The van der Waals surface area contributed by atoms with Crippen LogP contribution in [0.3, 0.4) is 0 Å². The summed E-state index contributed by atoms with van der Waals surface area (Å²) < 4.78 is 2.06. The van der Waals surface area contributed by atoms with Crippen molar-refractivity contribution in [3.05, 3.63) is 29.6 Å². The maximum atomic E-state index is 12.9. The van der Waals surface area contributed by atoms with Crippen LogP contribution in [0.2, 0.25) is 0 Å². The molecule has 1 N–H and O–H groups in total. The molecule has 7 heteroatoms. The molecule has 4 rings (SSSR count). The Hall–Kier alpha value is -2.54. The lowest BCUT2D eigenvalue weighted by atomic mass is 9.92. The minimum atomic E-state index is -0.332. The van der Waals surface area contributed by atoms with E-state index in [-0.39, 0.29) is 36.5 Å². The van der Waals surface area contributed by atoms with Crippen LogP contribution >= 0.6 is 0 Å². The van der Waals surface area contributed by atoms with Crippen LogP contribution in [0, 0.1) is 0 Å².